The number of aliphatic imine (C=N–C) groups is 1. The van der Waals surface area contributed by atoms with Crippen LogP contribution in [-0.4, -0.2) is 25.0 Å². The number of benzene rings is 3. The Bertz CT molecular complexity index is 1070. The summed E-state index contributed by atoms with van der Waals surface area (Å²) in [5, 5.41) is 15.0. The molecule has 30 heavy (non-hydrogen) atoms. The molecule has 0 fully saturated rings. The van der Waals surface area contributed by atoms with Crippen molar-refractivity contribution >= 4 is 17.3 Å². The van der Waals surface area contributed by atoms with E-state index >= 15 is 0 Å². The van der Waals surface area contributed by atoms with Gasteiger partial charge < -0.3 is 14.6 Å². The molecule has 5 nitrogen and oxygen atoms in total. The van der Waals surface area contributed by atoms with Gasteiger partial charge in [-0.05, 0) is 41.5 Å². The van der Waals surface area contributed by atoms with Crippen molar-refractivity contribution in [2.24, 2.45) is 4.99 Å². The monoisotopic (exact) mass is 422 g/mol. The van der Waals surface area contributed by atoms with E-state index in [4.69, 9.17) is 26.1 Å². The molecule has 0 saturated heterocycles. The fraction of sp³-hybridized carbons (Fsp3) is 0.208. The van der Waals surface area contributed by atoms with Gasteiger partial charge in [-0.15, -0.1) is 0 Å². The van der Waals surface area contributed by atoms with E-state index in [9.17, 15) is 5.11 Å². The topological polar surface area (TPSA) is 63.1 Å². The maximum atomic E-state index is 10.7. The molecular weight excluding hydrogens is 400 g/mol. The Morgan fingerprint density at radius 1 is 1.00 bits per heavy atom. The maximum Gasteiger partial charge on any atom is 0.162 e. The number of methoxy groups -OCH3 is 2. The molecular formula is C24H23ClN2O3. The summed E-state index contributed by atoms with van der Waals surface area (Å²) in [6.07, 6.45) is 0.318. The Kier molecular flexibility index (Phi) is 5.93. The molecule has 0 unspecified atom stereocenters. The summed E-state index contributed by atoms with van der Waals surface area (Å²) in [5.74, 6) is 1.35. The highest BCUT2D eigenvalue weighted by Crippen LogP contribution is 2.39. The van der Waals surface area contributed by atoms with Crippen LogP contribution in [0.3, 0.4) is 0 Å². The Labute approximate surface area is 180 Å². The smallest absolute Gasteiger partial charge is 0.162 e. The van der Waals surface area contributed by atoms with Crippen LogP contribution in [0.25, 0.3) is 0 Å². The zero-order valence-electron chi connectivity index (χ0n) is 16.8. The molecule has 154 valence electrons. The zero-order chi connectivity index (χ0) is 21.1. The van der Waals surface area contributed by atoms with E-state index in [1.807, 2.05) is 60.7 Å². The van der Waals surface area contributed by atoms with Crippen molar-refractivity contribution in [3.8, 4) is 17.2 Å². The quantitative estimate of drug-likeness (QED) is 0.586. The van der Waals surface area contributed by atoms with Gasteiger partial charge in [-0.25, -0.2) is 0 Å². The molecule has 1 aliphatic heterocycles. The van der Waals surface area contributed by atoms with Crippen molar-refractivity contribution in [3.63, 3.8) is 0 Å². The lowest BCUT2D eigenvalue weighted by molar-refractivity contribution is 0.360. The Morgan fingerprint density at radius 3 is 2.50 bits per heavy atom. The second-order valence-corrected chi connectivity index (χ2v) is 7.52. The van der Waals surface area contributed by atoms with E-state index in [0.717, 1.165) is 28.2 Å². The number of aromatic hydroxyl groups is 1. The van der Waals surface area contributed by atoms with Crippen LogP contribution in [0.4, 0.5) is 0 Å². The molecule has 2 N–H and O–H groups in total. The third-order valence-electron chi connectivity index (χ3n) is 5.25. The number of hydrogen-bond acceptors (Lipinski definition) is 5. The number of nitrogens with zero attached hydrogens (tertiary/aromatic N) is 1. The van der Waals surface area contributed by atoms with E-state index < -0.39 is 0 Å². The van der Waals surface area contributed by atoms with Crippen LogP contribution >= 0.6 is 11.6 Å². The first-order valence-electron chi connectivity index (χ1n) is 9.67. The molecule has 0 spiro atoms. The minimum absolute atomic E-state index is 0.138. The summed E-state index contributed by atoms with van der Waals surface area (Å²) >= 11 is 6.07. The van der Waals surface area contributed by atoms with E-state index in [1.54, 1.807) is 20.3 Å². The maximum absolute atomic E-state index is 10.7. The van der Waals surface area contributed by atoms with Crippen LogP contribution in [0.1, 0.15) is 35.3 Å². The molecule has 0 amide bonds. The summed E-state index contributed by atoms with van der Waals surface area (Å²) in [7, 11) is 3.19. The average Bonchev–Trinajstić information content (AvgIpc) is 2.79. The summed E-state index contributed by atoms with van der Waals surface area (Å²) in [5.41, 5.74) is 3.68. The number of nitrogens with one attached hydrogen (secondary N) is 1. The van der Waals surface area contributed by atoms with E-state index in [-0.39, 0.29) is 18.0 Å². The van der Waals surface area contributed by atoms with Gasteiger partial charge in [0.25, 0.3) is 0 Å². The molecule has 2 atom stereocenters. The van der Waals surface area contributed by atoms with E-state index in [0.29, 0.717) is 17.2 Å². The lowest BCUT2D eigenvalue weighted by Crippen LogP contribution is -2.33. The summed E-state index contributed by atoms with van der Waals surface area (Å²) < 4.78 is 10.7. The highest BCUT2D eigenvalue weighted by Gasteiger charge is 2.28. The van der Waals surface area contributed by atoms with E-state index in [2.05, 4.69) is 5.32 Å². The van der Waals surface area contributed by atoms with Crippen LogP contribution < -0.4 is 14.8 Å². The van der Waals surface area contributed by atoms with Gasteiger partial charge in [0.1, 0.15) is 11.9 Å². The summed E-state index contributed by atoms with van der Waals surface area (Å²) in [6, 6.07) is 20.9. The van der Waals surface area contributed by atoms with Gasteiger partial charge in [0.15, 0.2) is 11.5 Å². The van der Waals surface area contributed by atoms with Gasteiger partial charge in [0.05, 0.1) is 14.2 Å². The Hall–Kier alpha value is -3.02. The van der Waals surface area contributed by atoms with Crippen LogP contribution in [0.2, 0.25) is 5.02 Å². The molecule has 0 radical (unpaired) electrons. The lowest BCUT2D eigenvalue weighted by Gasteiger charge is -2.31. The number of halogens is 1. The van der Waals surface area contributed by atoms with Crippen molar-refractivity contribution in [3.05, 3.63) is 88.4 Å². The fourth-order valence-electron chi connectivity index (χ4n) is 3.69. The fourth-order valence-corrected chi connectivity index (χ4v) is 3.82. The van der Waals surface area contributed by atoms with Gasteiger partial charge in [-0.1, -0.05) is 48.0 Å². The average molecular weight is 423 g/mol. The molecule has 0 aromatic heterocycles. The zero-order valence-corrected chi connectivity index (χ0v) is 17.6. The van der Waals surface area contributed by atoms with Gasteiger partial charge in [-0.2, -0.15) is 0 Å². The predicted octanol–water partition coefficient (Wildman–Crippen LogP) is 5.29. The molecule has 0 saturated carbocycles. The van der Waals surface area contributed by atoms with Crippen LogP contribution in [-0.2, 0) is 0 Å². The van der Waals surface area contributed by atoms with Crippen LogP contribution in [0.15, 0.2) is 71.7 Å². The third kappa shape index (κ3) is 4.13. The number of phenols is 1. The molecule has 0 bridgehead atoms. The molecule has 1 heterocycles. The SMILES string of the molecule is COc1cccc([C@@H]2N=C(c3ccc(Cl)cc3)C[C@H](c3cccc(OC)c3O)N2)c1. The highest BCUT2D eigenvalue weighted by atomic mass is 35.5. The van der Waals surface area contributed by atoms with E-state index in [1.165, 1.54) is 0 Å². The molecule has 6 heteroatoms. The minimum atomic E-state index is -0.296. The molecule has 3 aromatic carbocycles. The lowest BCUT2D eigenvalue weighted by atomic mass is 9.93. The number of para-hydroxylation sites is 1. The van der Waals surface area contributed by atoms with Crippen molar-refractivity contribution in [1.29, 1.82) is 0 Å². The number of phenolic OH excluding ortho intramolecular Hbond substituents is 1. The second kappa shape index (κ2) is 8.78. The first-order valence-corrected chi connectivity index (χ1v) is 10.1. The van der Waals surface area contributed by atoms with Crippen molar-refractivity contribution in [2.45, 2.75) is 18.6 Å². The predicted molar refractivity (Wildman–Crippen MR) is 119 cm³/mol. The van der Waals surface area contributed by atoms with Gasteiger partial charge in [0.2, 0.25) is 0 Å². The summed E-state index contributed by atoms with van der Waals surface area (Å²) in [6.45, 7) is 0. The van der Waals surface area contributed by atoms with Crippen LogP contribution in [0.5, 0.6) is 17.2 Å². The number of ether oxygens (including phenoxy) is 2. The Balaban J connectivity index is 1.77. The molecule has 1 aliphatic rings. The standard InChI is InChI=1S/C24H23ClN2O3/c1-29-18-6-3-5-16(13-18)24-26-20(15-9-11-17(25)12-10-15)14-21(27-24)19-7-4-8-22(30-2)23(19)28/h3-13,21,24,27-28H,14H2,1-2H3/t21-,24-/m1/s1. The van der Waals surface area contributed by atoms with Gasteiger partial charge in [-0.3, -0.25) is 10.3 Å². The first kappa shape index (κ1) is 20.3. The number of hydrogen-bond donors (Lipinski definition) is 2. The largest absolute Gasteiger partial charge is 0.504 e. The van der Waals surface area contributed by atoms with Crippen LogP contribution in [0, 0.1) is 0 Å². The molecule has 0 aliphatic carbocycles. The third-order valence-corrected chi connectivity index (χ3v) is 5.51. The first-order chi connectivity index (χ1) is 14.6. The van der Waals surface area contributed by atoms with Crippen molar-refractivity contribution < 1.29 is 14.6 Å². The second-order valence-electron chi connectivity index (χ2n) is 7.08. The van der Waals surface area contributed by atoms with Gasteiger partial charge >= 0.3 is 0 Å². The minimum Gasteiger partial charge on any atom is -0.504 e. The van der Waals surface area contributed by atoms with Crippen molar-refractivity contribution in [2.75, 3.05) is 14.2 Å². The Morgan fingerprint density at radius 2 is 1.77 bits per heavy atom. The molecule has 3 aromatic rings. The molecule has 4 rings (SSSR count). The normalized spacial score (nSPS) is 18.6. The highest BCUT2D eigenvalue weighted by molar-refractivity contribution is 6.30. The summed E-state index contributed by atoms with van der Waals surface area (Å²) in [4.78, 5) is 4.97. The number of rotatable bonds is 5. The van der Waals surface area contributed by atoms with Crippen molar-refractivity contribution in [1.82, 2.24) is 5.32 Å². The van der Waals surface area contributed by atoms with Gasteiger partial charge in [0, 0.05) is 28.8 Å².